The van der Waals surface area contributed by atoms with E-state index in [9.17, 15) is 4.79 Å². The molecule has 0 saturated heterocycles. The molecule has 20 heavy (non-hydrogen) atoms. The Labute approximate surface area is 126 Å². The monoisotopic (exact) mass is 331 g/mol. The zero-order valence-corrected chi connectivity index (χ0v) is 12.8. The van der Waals surface area contributed by atoms with Gasteiger partial charge in [-0.2, -0.15) is 0 Å². The highest BCUT2D eigenvalue weighted by Crippen LogP contribution is 2.39. The minimum atomic E-state index is -0.478. The minimum absolute atomic E-state index is 0.0505. The fraction of sp³-hybridized carbons (Fsp3) is 0.188. The summed E-state index contributed by atoms with van der Waals surface area (Å²) in [7, 11) is 0. The summed E-state index contributed by atoms with van der Waals surface area (Å²) in [6.45, 7) is 3.78. The lowest BCUT2D eigenvalue weighted by Gasteiger charge is -2.33. The van der Waals surface area contributed by atoms with Gasteiger partial charge in [-0.15, -0.1) is 0 Å². The number of halogens is 1. The first-order valence-electron chi connectivity index (χ1n) is 6.44. The quantitative estimate of drug-likeness (QED) is 0.783. The number of benzene rings is 2. The van der Waals surface area contributed by atoms with Gasteiger partial charge in [0.05, 0.1) is 5.69 Å². The van der Waals surface area contributed by atoms with E-state index in [2.05, 4.69) is 15.9 Å². The molecule has 0 saturated carbocycles. The zero-order chi connectivity index (χ0) is 14.3. The van der Waals surface area contributed by atoms with Crippen LogP contribution in [0.3, 0.4) is 0 Å². The fourth-order valence-corrected chi connectivity index (χ4v) is 2.56. The molecular weight excluding hydrogens is 318 g/mol. The van der Waals surface area contributed by atoms with Crippen LogP contribution in [0.25, 0.3) is 0 Å². The molecule has 1 atom stereocenters. The summed E-state index contributed by atoms with van der Waals surface area (Å²) in [6.07, 6.45) is -0.478. The fourth-order valence-electron chi connectivity index (χ4n) is 2.32. The highest BCUT2D eigenvalue weighted by molar-refractivity contribution is 9.10. The van der Waals surface area contributed by atoms with Gasteiger partial charge in [-0.3, -0.25) is 9.69 Å². The predicted molar refractivity (Wildman–Crippen MR) is 82.6 cm³/mol. The largest absolute Gasteiger partial charge is 0.479 e. The average molecular weight is 332 g/mol. The summed E-state index contributed by atoms with van der Waals surface area (Å²) in [5, 5.41) is 0. The highest BCUT2D eigenvalue weighted by Gasteiger charge is 2.32. The second-order valence-corrected chi connectivity index (χ2v) is 5.69. The van der Waals surface area contributed by atoms with Crippen molar-refractivity contribution in [1.29, 1.82) is 0 Å². The number of amides is 1. The summed E-state index contributed by atoms with van der Waals surface area (Å²) < 4.78 is 6.68. The number of hydrogen-bond donors (Lipinski definition) is 0. The van der Waals surface area contributed by atoms with Gasteiger partial charge < -0.3 is 4.74 Å². The van der Waals surface area contributed by atoms with E-state index in [1.165, 1.54) is 0 Å². The molecule has 0 spiro atoms. The van der Waals surface area contributed by atoms with Crippen molar-refractivity contribution in [2.75, 3.05) is 4.90 Å². The van der Waals surface area contributed by atoms with Crippen molar-refractivity contribution < 1.29 is 9.53 Å². The van der Waals surface area contributed by atoms with Gasteiger partial charge in [0.25, 0.3) is 5.91 Å². The minimum Gasteiger partial charge on any atom is -0.479 e. The van der Waals surface area contributed by atoms with Crippen molar-refractivity contribution in [1.82, 2.24) is 0 Å². The van der Waals surface area contributed by atoms with Crippen molar-refractivity contribution in [2.24, 2.45) is 0 Å². The molecule has 0 aliphatic carbocycles. The van der Waals surface area contributed by atoms with Crippen molar-refractivity contribution >= 4 is 33.2 Å². The van der Waals surface area contributed by atoms with E-state index in [0.717, 1.165) is 27.2 Å². The van der Waals surface area contributed by atoms with Gasteiger partial charge in [0.1, 0.15) is 5.75 Å². The number of anilines is 2. The average Bonchev–Trinajstić information content (AvgIpc) is 2.44. The van der Waals surface area contributed by atoms with Gasteiger partial charge in [0, 0.05) is 10.2 Å². The molecular formula is C16H14BrNO2. The molecule has 1 heterocycles. The van der Waals surface area contributed by atoms with E-state index < -0.39 is 6.10 Å². The van der Waals surface area contributed by atoms with Crippen LogP contribution in [-0.2, 0) is 4.79 Å². The van der Waals surface area contributed by atoms with Crippen LogP contribution in [0.15, 0.2) is 46.9 Å². The molecule has 2 aromatic rings. The molecule has 102 valence electrons. The van der Waals surface area contributed by atoms with Gasteiger partial charge in [-0.25, -0.2) is 0 Å². The first-order chi connectivity index (χ1) is 9.58. The number of carbonyl (C=O) groups excluding carboxylic acids is 1. The number of ether oxygens (including phenoxy) is 1. The first-order valence-corrected chi connectivity index (χ1v) is 7.23. The van der Waals surface area contributed by atoms with Crippen LogP contribution in [0.2, 0.25) is 0 Å². The Kier molecular flexibility index (Phi) is 3.26. The molecule has 1 aliphatic heterocycles. The molecule has 0 N–H and O–H groups in total. The molecule has 0 radical (unpaired) electrons. The second kappa shape index (κ2) is 4.94. The third-order valence-electron chi connectivity index (χ3n) is 3.38. The van der Waals surface area contributed by atoms with Crippen molar-refractivity contribution in [3.8, 4) is 5.75 Å². The van der Waals surface area contributed by atoms with Gasteiger partial charge in [0.2, 0.25) is 0 Å². The Morgan fingerprint density at radius 3 is 2.70 bits per heavy atom. The van der Waals surface area contributed by atoms with Crippen LogP contribution in [0, 0.1) is 6.92 Å². The van der Waals surface area contributed by atoms with E-state index in [4.69, 9.17) is 4.74 Å². The topological polar surface area (TPSA) is 29.5 Å². The summed E-state index contributed by atoms with van der Waals surface area (Å²) in [4.78, 5) is 14.2. The maximum Gasteiger partial charge on any atom is 0.272 e. The number of para-hydroxylation sites is 2. The van der Waals surface area contributed by atoms with E-state index >= 15 is 0 Å². The number of aryl methyl sites for hydroxylation is 1. The summed E-state index contributed by atoms with van der Waals surface area (Å²) in [5.74, 6) is 0.686. The molecule has 0 bridgehead atoms. The molecule has 4 heteroatoms. The molecule has 3 nitrogen and oxygen atoms in total. The summed E-state index contributed by atoms with van der Waals surface area (Å²) in [5.41, 5.74) is 2.74. The molecule has 1 aliphatic rings. The van der Waals surface area contributed by atoms with Crippen molar-refractivity contribution in [3.05, 3.63) is 52.5 Å². The lowest BCUT2D eigenvalue weighted by Crippen LogP contribution is -2.41. The molecule has 2 aromatic carbocycles. The number of fused-ring (bicyclic) bond motifs is 1. The molecule has 0 fully saturated rings. The third kappa shape index (κ3) is 2.10. The standard InChI is InChI=1S/C16H14BrNO2/c1-10-9-12(7-8-13(10)17)18-14-5-3-4-6-15(14)20-11(2)16(18)19/h3-9,11H,1-2H3. The lowest BCUT2D eigenvalue weighted by molar-refractivity contribution is -0.124. The Hall–Kier alpha value is -1.81. The van der Waals surface area contributed by atoms with Gasteiger partial charge in [-0.05, 0) is 49.7 Å². The Balaban J connectivity index is 2.15. The van der Waals surface area contributed by atoms with Crippen LogP contribution in [0.4, 0.5) is 11.4 Å². The lowest BCUT2D eigenvalue weighted by atomic mass is 10.1. The first kappa shape index (κ1) is 13.2. The maximum absolute atomic E-state index is 12.5. The summed E-state index contributed by atoms with van der Waals surface area (Å²) in [6, 6.07) is 13.5. The Bertz CT molecular complexity index is 684. The molecule has 3 rings (SSSR count). The van der Waals surface area contributed by atoms with E-state index in [0.29, 0.717) is 0 Å². The van der Waals surface area contributed by atoms with Crippen molar-refractivity contribution in [3.63, 3.8) is 0 Å². The van der Waals surface area contributed by atoms with Crippen LogP contribution in [0.1, 0.15) is 12.5 Å². The zero-order valence-electron chi connectivity index (χ0n) is 11.3. The highest BCUT2D eigenvalue weighted by atomic mass is 79.9. The molecule has 0 aromatic heterocycles. The van der Waals surface area contributed by atoms with Crippen LogP contribution >= 0.6 is 15.9 Å². The van der Waals surface area contributed by atoms with Crippen LogP contribution in [-0.4, -0.2) is 12.0 Å². The SMILES string of the molecule is Cc1cc(N2C(=O)C(C)Oc3ccccc32)ccc1Br. The third-order valence-corrected chi connectivity index (χ3v) is 4.27. The summed E-state index contributed by atoms with van der Waals surface area (Å²) >= 11 is 3.48. The van der Waals surface area contributed by atoms with E-state index in [1.807, 2.05) is 49.4 Å². The Morgan fingerprint density at radius 2 is 1.95 bits per heavy atom. The second-order valence-electron chi connectivity index (χ2n) is 4.83. The smallest absolute Gasteiger partial charge is 0.272 e. The number of carbonyl (C=O) groups is 1. The van der Waals surface area contributed by atoms with E-state index in [-0.39, 0.29) is 5.91 Å². The van der Waals surface area contributed by atoms with Gasteiger partial charge in [-0.1, -0.05) is 28.1 Å². The normalized spacial score (nSPS) is 17.6. The molecule has 1 amide bonds. The van der Waals surface area contributed by atoms with Crippen molar-refractivity contribution in [2.45, 2.75) is 20.0 Å². The van der Waals surface area contributed by atoms with E-state index in [1.54, 1.807) is 11.8 Å². The van der Waals surface area contributed by atoms with Gasteiger partial charge >= 0.3 is 0 Å². The molecule has 1 unspecified atom stereocenters. The van der Waals surface area contributed by atoms with Crippen LogP contribution in [0.5, 0.6) is 5.75 Å². The van der Waals surface area contributed by atoms with Crippen LogP contribution < -0.4 is 9.64 Å². The Morgan fingerprint density at radius 1 is 1.20 bits per heavy atom. The van der Waals surface area contributed by atoms with Gasteiger partial charge in [0.15, 0.2) is 6.10 Å². The number of rotatable bonds is 1. The maximum atomic E-state index is 12.5. The number of hydrogen-bond acceptors (Lipinski definition) is 2. The number of nitrogens with zero attached hydrogens (tertiary/aromatic N) is 1. The predicted octanol–water partition coefficient (Wildman–Crippen LogP) is 4.20.